The van der Waals surface area contributed by atoms with E-state index in [2.05, 4.69) is 23.3 Å². The predicted octanol–water partition coefficient (Wildman–Crippen LogP) is 3.58. The number of hydrogen-bond acceptors (Lipinski definition) is 7. The van der Waals surface area contributed by atoms with Gasteiger partial charge in [-0.15, -0.1) is 0 Å². The molecule has 2 amide bonds. The summed E-state index contributed by atoms with van der Waals surface area (Å²) in [6, 6.07) is 9.71. The van der Waals surface area contributed by atoms with Crippen LogP contribution in [0.2, 0.25) is 0 Å². The molecule has 0 fully saturated rings. The molecule has 0 unspecified atom stereocenters. The molecule has 2 aromatic rings. The number of rotatable bonds is 9. The number of methoxy groups -OCH3 is 3. The van der Waals surface area contributed by atoms with Gasteiger partial charge in [0.1, 0.15) is 0 Å². The highest BCUT2D eigenvalue weighted by Crippen LogP contribution is 2.28. The number of carbonyl (C=O) groups excluding carboxylic acids is 3. The molecule has 0 aromatic heterocycles. The van der Waals surface area contributed by atoms with Gasteiger partial charge in [0.25, 0.3) is 5.91 Å². The van der Waals surface area contributed by atoms with E-state index >= 15 is 0 Å². The first kappa shape index (κ1) is 25.8. The summed E-state index contributed by atoms with van der Waals surface area (Å²) >= 11 is 4.40. The van der Waals surface area contributed by atoms with Crippen LogP contribution in [0.25, 0.3) is 6.08 Å². The number of ether oxygens (including phenoxy) is 3. The molecule has 0 saturated carbocycles. The van der Waals surface area contributed by atoms with Crippen LogP contribution in [-0.4, -0.2) is 50.4 Å². The predicted molar refractivity (Wildman–Crippen MR) is 130 cm³/mol. The lowest BCUT2D eigenvalue weighted by Crippen LogP contribution is -2.35. The van der Waals surface area contributed by atoms with Crippen molar-refractivity contribution in [1.82, 2.24) is 5.32 Å². The lowest BCUT2D eigenvalue weighted by molar-refractivity contribution is -0.111. The quantitative estimate of drug-likeness (QED) is 0.293. The number of benzene rings is 2. The van der Waals surface area contributed by atoms with Crippen molar-refractivity contribution in [2.24, 2.45) is 0 Å². The van der Waals surface area contributed by atoms with E-state index in [1.165, 1.54) is 39.5 Å². The van der Waals surface area contributed by atoms with Crippen molar-refractivity contribution in [2.75, 3.05) is 33.2 Å². The number of carbonyl (C=O) groups is 3. The number of nitrogens with one attached hydrogen (secondary N) is 2. The zero-order valence-corrected chi connectivity index (χ0v) is 20.1. The first-order valence-electron chi connectivity index (χ1n) is 10.0. The molecule has 0 spiro atoms. The van der Waals surface area contributed by atoms with Gasteiger partial charge in [-0.25, -0.2) is 4.79 Å². The van der Waals surface area contributed by atoms with Crippen molar-refractivity contribution in [1.29, 1.82) is 0 Å². The van der Waals surface area contributed by atoms with Gasteiger partial charge in [-0.1, -0.05) is 12.1 Å². The van der Waals surface area contributed by atoms with Gasteiger partial charge in [0, 0.05) is 17.4 Å². The van der Waals surface area contributed by atoms with Crippen LogP contribution in [0.3, 0.4) is 0 Å². The Bertz CT molecular complexity index is 1060. The Morgan fingerprint density at radius 1 is 1.00 bits per heavy atom. The van der Waals surface area contributed by atoms with Crippen molar-refractivity contribution in [3.05, 3.63) is 59.2 Å². The van der Waals surface area contributed by atoms with E-state index in [0.717, 1.165) is 0 Å². The summed E-state index contributed by atoms with van der Waals surface area (Å²) in [5.74, 6) is -0.599. The zero-order valence-electron chi connectivity index (χ0n) is 19.2. The lowest BCUT2D eigenvalue weighted by atomic mass is 10.1. The first-order chi connectivity index (χ1) is 15.6. The smallest absolute Gasteiger partial charge is 0.340 e. The minimum Gasteiger partial charge on any atom is -0.493 e. The van der Waals surface area contributed by atoms with Gasteiger partial charge >= 0.3 is 5.97 Å². The highest BCUT2D eigenvalue weighted by atomic mass is 32.1. The maximum absolute atomic E-state index is 12.8. The van der Waals surface area contributed by atoms with Crippen molar-refractivity contribution < 1.29 is 28.6 Å². The van der Waals surface area contributed by atoms with E-state index in [0.29, 0.717) is 17.1 Å². The Morgan fingerprint density at radius 2 is 1.67 bits per heavy atom. The monoisotopic (exact) mass is 472 g/mol. The highest BCUT2D eigenvalue weighted by Gasteiger charge is 2.22. The van der Waals surface area contributed by atoms with Crippen LogP contribution in [0.4, 0.5) is 5.69 Å². The Morgan fingerprint density at radius 3 is 2.27 bits per heavy atom. The molecule has 0 bridgehead atoms. The fraction of sp³-hybridized carbons (Fsp3) is 0.292. The summed E-state index contributed by atoms with van der Waals surface area (Å²) in [6.07, 6.45) is 2.86. The third-order valence-corrected chi connectivity index (χ3v) is 4.64. The number of amides is 2. The van der Waals surface area contributed by atoms with Gasteiger partial charge in [0.2, 0.25) is 5.91 Å². The molecular formula is C24H28N2O6S. The Balaban J connectivity index is 2.32. The number of thiol groups is 1. The molecule has 176 valence electrons. The number of anilines is 1. The topological polar surface area (TPSA) is 103 Å². The van der Waals surface area contributed by atoms with E-state index in [1.54, 1.807) is 30.3 Å². The Kier molecular flexibility index (Phi) is 8.93. The van der Waals surface area contributed by atoms with Crippen molar-refractivity contribution in [3.8, 4) is 11.5 Å². The maximum atomic E-state index is 12.8. The summed E-state index contributed by atoms with van der Waals surface area (Å²) < 4.78 is 14.8. The van der Waals surface area contributed by atoms with E-state index < -0.39 is 22.5 Å². The summed E-state index contributed by atoms with van der Waals surface area (Å²) in [5, 5.41) is 5.39. The maximum Gasteiger partial charge on any atom is 0.340 e. The minimum absolute atomic E-state index is 0.0563. The largest absolute Gasteiger partial charge is 0.493 e. The van der Waals surface area contributed by atoms with Crippen molar-refractivity contribution in [3.63, 3.8) is 0 Å². The van der Waals surface area contributed by atoms with Crippen molar-refractivity contribution in [2.45, 2.75) is 18.6 Å². The van der Waals surface area contributed by atoms with Gasteiger partial charge < -0.3 is 24.8 Å². The molecule has 0 atom stereocenters. The zero-order chi connectivity index (χ0) is 24.6. The number of esters is 1. The highest BCUT2D eigenvalue weighted by molar-refractivity contribution is 7.81. The second kappa shape index (κ2) is 11.4. The summed E-state index contributed by atoms with van der Waals surface area (Å²) in [6.45, 7) is 3.98. The molecule has 9 heteroatoms. The molecule has 0 aliphatic carbocycles. The standard InChI is InChI=1S/C24H28N2O6S/c1-24(2,33)14-25-22(28)16-7-6-8-17(23(29)32-5)21(16)26-20(27)12-10-15-9-11-18(30-3)19(13-15)31-4/h6-13,33H,14H2,1-5H3,(H,25,28)(H,26,27). The van der Waals surface area contributed by atoms with Crippen LogP contribution < -0.4 is 20.1 Å². The first-order valence-corrected chi connectivity index (χ1v) is 10.5. The third-order valence-electron chi connectivity index (χ3n) is 4.48. The third kappa shape index (κ3) is 7.28. The van der Waals surface area contributed by atoms with Crippen LogP contribution >= 0.6 is 12.6 Å². The number of hydrogen-bond donors (Lipinski definition) is 3. The van der Waals surface area contributed by atoms with E-state index in [4.69, 9.17) is 14.2 Å². The molecule has 33 heavy (non-hydrogen) atoms. The molecule has 2 rings (SSSR count). The van der Waals surface area contributed by atoms with Gasteiger partial charge in [-0.2, -0.15) is 12.6 Å². The average molecular weight is 473 g/mol. The van der Waals surface area contributed by atoms with Crippen molar-refractivity contribution >= 4 is 42.2 Å². The average Bonchev–Trinajstić information content (AvgIpc) is 2.80. The second-order valence-electron chi connectivity index (χ2n) is 7.65. The van der Waals surface area contributed by atoms with E-state index in [9.17, 15) is 14.4 Å². The molecule has 8 nitrogen and oxygen atoms in total. The van der Waals surface area contributed by atoms with Crippen LogP contribution in [0.1, 0.15) is 40.1 Å². The molecule has 2 N–H and O–H groups in total. The van der Waals surface area contributed by atoms with Gasteiger partial charge in [0.05, 0.1) is 38.1 Å². The van der Waals surface area contributed by atoms with Crippen LogP contribution in [0.15, 0.2) is 42.5 Å². The Labute approximate surface area is 198 Å². The fourth-order valence-electron chi connectivity index (χ4n) is 2.84. The molecule has 0 saturated heterocycles. The van der Waals surface area contributed by atoms with Gasteiger partial charge in [-0.05, 0) is 49.8 Å². The molecule has 0 heterocycles. The fourth-order valence-corrected chi connectivity index (χ4v) is 2.92. The Hall–Kier alpha value is -3.46. The van der Waals surface area contributed by atoms with Crippen LogP contribution in [0, 0.1) is 0 Å². The summed E-state index contributed by atoms with van der Waals surface area (Å²) in [4.78, 5) is 37.7. The minimum atomic E-state index is -0.682. The molecule has 0 aliphatic heterocycles. The summed E-state index contributed by atoms with van der Waals surface area (Å²) in [7, 11) is 4.27. The number of para-hydroxylation sites is 1. The molecule has 2 aromatic carbocycles. The normalized spacial score (nSPS) is 11.1. The van der Waals surface area contributed by atoms with Crippen LogP contribution in [0.5, 0.6) is 11.5 Å². The summed E-state index contributed by atoms with van der Waals surface area (Å²) in [5.41, 5.74) is 0.935. The molecular weight excluding hydrogens is 444 g/mol. The molecule has 0 radical (unpaired) electrons. The van der Waals surface area contributed by atoms with E-state index in [-0.39, 0.29) is 23.4 Å². The van der Waals surface area contributed by atoms with Crippen LogP contribution in [-0.2, 0) is 9.53 Å². The SMILES string of the molecule is COC(=O)c1cccc(C(=O)NCC(C)(C)S)c1NC(=O)C=Cc1ccc(OC)c(OC)c1. The second-order valence-corrected chi connectivity index (χ2v) is 8.86. The molecule has 0 aliphatic rings. The lowest BCUT2D eigenvalue weighted by Gasteiger charge is -2.19. The van der Waals surface area contributed by atoms with Gasteiger partial charge in [-0.3, -0.25) is 9.59 Å². The van der Waals surface area contributed by atoms with Gasteiger partial charge in [0.15, 0.2) is 11.5 Å². The van der Waals surface area contributed by atoms with E-state index in [1.807, 2.05) is 13.8 Å².